The number of benzene rings is 2. The molecule has 2 heterocycles. The number of carbonyl (C=O) groups excluding carboxylic acids is 1. The Hall–Kier alpha value is -3.12. The normalized spacial score (nSPS) is 17.9. The molecule has 0 spiro atoms. The first-order valence-corrected chi connectivity index (χ1v) is 12.6. The molecule has 2 aromatic carbocycles. The summed E-state index contributed by atoms with van der Waals surface area (Å²) in [5.41, 5.74) is 5.33. The number of fused-ring (bicyclic) bond motifs is 3. The highest BCUT2D eigenvalue weighted by Crippen LogP contribution is 2.42. The van der Waals surface area contributed by atoms with Gasteiger partial charge >= 0.3 is 6.09 Å². The van der Waals surface area contributed by atoms with Crippen LogP contribution in [0.25, 0.3) is 11.3 Å². The van der Waals surface area contributed by atoms with Crippen LogP contribution in [-0.2, 0) is 11.2 Å². The zero-order valence-corrected chi connectivity index (χ0v) is 21.2. The number of anilines is 1. The summed E-state index contributed by atoms with van der Waals surface area (Å²) in [5, 5.41) is 4.25. The second kappa shape index (κ2) is 9.50. The molecule has 1 atom stereocenters. The van der Waals surface area contributed by atoms with E-state index < -0.39 is 5.60 Å². The molecule has 1 saturated heterocycles. The van der Waals surface area contributed by atoms with E-state index in [1.807, 2.05) is 39.1 Å². The number of piperidine rings is 1. The Balaban J connectivity index is 1.31. The topological polar surface area (TPSA) is 67.3 Å². The van der Waals surface area contributed by atoms with E-state index in [1.54, 1.807) is 4.90 Å². The third-order valence-electron chi connectivity index (χ3n) is 6.63. The number of aromatic nitrogens is 2. The predicted octanol–water partition coefficient (Wildman–Crippen LogP) is 6.30. The molecule has 3 aromatic rings. The summed E-state index contributed by atoms with van der Waals surface area (Å²) >= 11 is 6.13. The van der Waals surface area contributed by atoms with E-state index in [2.05, 4.69) is 46.7 Å². The van der Waals surface area contributed by atoms with Crippen molar-refractivity contribution in [3.05, 3.63) is 76.4 Å². The van der Waals surface area contributed by atoms with E-state index in [0.29, 0.717) is 19.0 Å². The van der Waals surface area contributed by atoms with Gasteiger partial charge in [-0.05, 0) is 68.9 Å². The summed E-state index contributed by atoms with van der Waals surface area (Å²) in [5.74, 6) is 0.884. The van der Waals surface area contributed by atoms with Gasteiger partial charge in [0.05, 0.1) is 5.69 Å². The lowest BCUT2D eigenvalue weighted by Crippen LogP contribution is -2.44. The second-order valence-electron chi connectivity index (χ2n) is 10.3. The van der Waals surface area contributed by atoms with E-state index in [9.17, 15) is 4.79 Å². The number of nitrogens with one attached hydrogen (secondary N) is 1. The predicted molar refractivity (Wildman–Crippen MR) is 139 cm³/mol. The summed E-state index contributed by atoms with van der Waals surface area (Å²) in [7, 11) is 0. The van der Waals surface area contributed by atoms with Crippen molar-refractivity contribution in [2.75, 3.05) is 18.4 Å². The molecule has 2 aliphatic rings. The molecule has 6 nitrogen and oxygen atoms in total. The zero-order valence-electron chi connectivity index (χ0n) is 20.4. The summed E-state index contributed by atoms with van der Waals surface area (Å²) in [6.45, 7) is 6.99. The molecular weight excluding hydrogens is 460 g/mol. The molecule has 5 rings (SSSR count). The molecular formula is C28H31ClN4O2. The van der Waals surface area contributed by atoms with Crippen LogP contribution in [0.1, 0.15) is 56.2 Å². The van der Waals surface area contributed by atoms with Gasteiger partial charge in [-0.1, -0.05) is 48.0 Å². The fourth-order valence-electron chi connectivity index (χ4n) is 4.91. The average molecular weight is 491 g/mol. The minimum absolute atomic E-state index is 0.215. The van der Waals surface area contributed by atoms with Crippen LogP contribution < -0.4 is 5.32 Å². The summed E-state index contributed by atoms with van der Waals surface area (Å²) in [6, 6.07) is 16.8. The second-order valence-corrected chi connectivity index (χ2v) is 10.8. The van der Waals surface area contributed by atoms with Crippen LogP contribution in [0.4, 0.5) is 10.7 Å². The summed E-state index contributed by atoms with van der Waals surface area (Å²) < 4.78 is 5.51. The maximum absolute atomic E-state index is 12.4. The summed E-state index contributed by atoms with van der Waals surface area (Å²) in [4.78, 5) is 23.7. The van der Waals surface area contributed by atoms with Gasteiger partial charge in [-0.15, -0.1) is 0 Å². The highest BCUT2D eigenvalue weighted by molar-refractivity contribution is 6.30. The quantitative estimate of drug-likeness (QED) is 0.467. The minimum Gasteiger partial charge on any atom is -0.444 e. The molecule has 1 aromatic heterocycles. The molecule has 1 N–H and O–H groups in total. The van der Waals surface area contributed by atoms with Gasteiger partial charge in [0, 0.05) is 41.8 Å². The van der Waals surface area contributed by atoms with Crippen LogP contribution in [0.15, 0.2) is 54.7 Å². The molecule has 1 aliphatic carbocycles. The SMILES string of the molecule is CC(C)(C)OC(=O)N1CCC(Nc2ncc3c(n2)-c2ccccc2C(c2ccc(Cl)cc2)C3)CC1. The monoisotopic (exact) mass is 490 g/mol. The van der Waals surface area contributed by atoms with E-state index >= 15 is 0 Å². The fraction of sp³-hybridized carbons (Fsp3) is 0.393. The molecule has 0 bridgehead atoms. The van der Waals surface area contributed by atoms with Crippen LogP contribution in [0.3, 0.4) is 0 Å². The van der Waals surface area contributed by atoms with Crippen LogP contribution in [0.5, 0.6) is 0 Å². The van der Waals surface area contributed by atoms with Gasteiger partial charge in [0.15, 0.2) is 0 Å². The van der Waals surface area contributed by atoms with Gasteiger partial charge in [0.1, 0.15) is 5.60 Å². The third kappa shape index (κ3) is 5.27. The number of ether oxygens (including phenoxy) is 1. The maximum atomic E-state index is 12.4. The molecule has 7 heteroatoms. The molecule has 1 fully saturated rings. The average Bonchev–Trinajstić information content (AvgIpc) is 2.84. The Labute approximate surface area is 211 Å². The van der Waals surface area contributed by atoms with Crippen molar-refractivity contribution in [2.45, 2.75) is 57.6 Å². The van der Waals surface area contributed by atoms with Crippen molar-refractivity contribution in [1.29, 1.82) is 0 Å². The number of rotatable bonds is 3. The lowest BCUT2D eigenvalue weighted by Gasteiger charge is -2.34. The Morgan fingerprint density at radius 3 is 2.51 bits per heavy atom. The first-order chi connectivity index (χ1) is 16.8. The Bertz CT molecular complexity index is 1210. The smallest absolute Gasteiger partial charge is 0.410 e. The number of amides is 1. The van der Waals surface area contributed by atoms with Gasteiger partial charge in [0.25, 0.3) is 0 Å². The van der Waals surface area contributed by atoms with E-state index in [0.717, 1.165) is 41.1 Å². The lowest BCUT2D eigenvalue weighted by molar-refractivity contribution is 0.0210. The highest BCUT2D eigenvalue weighted by atomic mass is 35.5. The molecule has 1 unspecified atom stereocenters. The number of carbonyl (C=O) groups is 1. The molecule has 35 heavy (non-hydrogen) atoms. The number of nitrogens with zero attached hydrogens (tertiary/aromatic N) is 3. The van der Waals surface area contributed by atoms with Gasteiger partial charge in [-0.3, -0.25) is 0 Å². The Kier molecular flexibility index (Phi) is 6.41. The van der Waals surface area contributed by atoms with Crippen molar-refractivity contribution in [3.63, 3.8) is 0 Å². The van der Waals surface area contributed by atoms with Crippen LogP contribution in [0, 0.1) is 0 Å². The van der Waals surface area contributed by atoms with Crippen molar-refractivity contribution in [3.8, 4) is 11.3 Å². The van der Waals surface area contributed by atoms with E-state index in [-0.39, 0.29) is 18.1 Å². The highest BCUT2D eigenvalue weighted by Gasteiger charge is 2.29. The number of halogens is 1. The molecule has 1 amide bonds. The van der Waals surface area contributed by atoms with E-state index in [1.165, 1.54) is 11.1 Å². The van der Waals surface area contributed by atoms with Crippen LogP contribution >= 0.6 is 11.6 Å². The first-order valence-electron chi connectivity index (χ1n) is 12.2. The lowest BCUT2D eigenvalue weighted by atomic mass is 9.78. The van der Waals surface area contributed by atoms with Crippen molar-refractivity contribution in [2.24, 2.45) is 0 Å². The fourth-order valence-corrected chi connectivity index (χ4v) is 5.04. The number of hydrogen-bond acceptors (Lipinski definition) is 5. The first kappa shape index (κ1) is 23.6. The van der Waals surface area contributed by atoms with Crippen molar-refractivity contribution in [1.82, 2.24) is 14.9 Å². The molecule has 182 valence electrons. The van der Waals surface area contributed by atoms with Crippen molar-refractivity contribution < 1.29 is 9.53 Å². The summed E-state index contributed by atoms with van der Waals surface area (Å²) in [6.07, 6.45) is 4.22. The van der Waals surface area contributed by atoms with E-state index in [4.69, 9.17) is 21.3 Å². The standard InChI is InChI=1S/C28H31ClN4O2/c1-28(2,3)35-27(34)33-14-12-21(13-15-33)31-26-30-17-19-16-24(18-8-10-20(29)11-9-18)22-6-4-5-7-23(22)25(19)32-26/h4-11,17,21,24H,12-16H2,1-3H3,(H,30,31,32). The van der Waals surface area contributed by atoms with Gasteiger partial charge in [-0.25, -0.2) is 14.8 Å². The number of likely N-dealkylation sites (tertiary alicyclic amines) is 1. The van der Waals surface area contributed by atoms with Gasteiger partial charge in [-0.2, -0.15) is 0 Å². The number of hydrogen-bond donors (Lipinski definition) is 1. The molecule has 1 aliphatic heterocycles. The largest absolute Gasteiger partial charge is 0.444 e. The Morgan fingerprint density at radius 1 is 1.09 bits per heavy atom. The van der Waals surface area contributed by atoms with Gasteiger partial charge in [0.2, 0.25) is 5.95 Å². The molecule has 0 radical (unpaired) electrons. The third-order valence-corrected chi connectivity index (χ3v) is 6.88. The Morgan fingerprint density at radius 2 is 1.80 bits per heavy atom. The minimum atomic E-state index is -0.480. The molecule has 0 saturated carbocycles. The van der Waals surface area contributed by atoms with Gasteiger partial charge < -0.3 is 15.0 Å². The van der Waals surface area contributed by atoms with Crippen LogP contribution in [0.2, 0.25) is 5.02 Å². The van der Waals surface area contributed by atoms with Crippen molar-refractivity contribution >= 4 is 23.6 Å². The zero-order chi connectivity index (χ0) is 24.6. The van der Waals surface area contributed by atoms with Crippen LogP contribution in [-0.4, -0.2) is 45.7 Å². The maximum Gasteiger partial charge on any atom is 0.410 e.